The van der Waals surface area contributed by atoms with E-state index >= 15 is 0 Å². The van der Waals surface area contributed by atoms with E-state index in [1.807, 2.05) is 0 Å². The lowest BCUT2D eigenvalue weighted by Crippen LogP contribution is -2.42. The molecule has 184 valence electrons. The molecule has 1 aliphatic carbocycles. The van der Waals surface area contributed by atoms with Crippen LogP contribution in [0, 0.1) is 17.0 Å². The first-order valence-electron chi connectivity index (χ1n) is 10.9. The fourth-order valence-corrected chi connectivity index (χ4v) is 3.90. The molecule has 3 amide bonds. The smallest absolute Gasteiger partial charge is 0.305 e. The van der Waals surface area contributed by atoms with Gasteiger partial charge in [-0.3, -0.25) is 35.3 Å². The molecule has 0 saturated carbocycles. The van der Waals surface area contributed by atoms with E-state index in [-0.39, 0.29) is 22.6 Å². The molecule has 3 aromatic rings. The minimum Gasteiger partial charge on any atom is -0.507 e. The van der Waals surface area contributed by atoms with Crippen LogP contribution in [0.2, 0.25) is 0 Å². The van der Waals surface area contributed by atoms with Gasteiger partial charge in [-0.1, -0.05) is 24.3 Å². The van der Waals surface area contributed by atoms with Gasteiger partial charge in [0.25, 0.3) is 17.5 Å². The van der Waals surface area contributed by atoms with Gasteiger partial charge in [0.2, 0.25) is 0 Å². The molecule has 2 aromatic carbocycles. The number of aromatic hydroxyl groups is 1. The van der Waals surface area contributed by atoms with E-state index in [4.69, 9.17) is 4.42 Å². The van der Waals surface area contributed by atoms with E-state index < -0.39 is 28.3 Å². The van der Waals surface area contributed by atoms with Crippen molar-refractivity contribution in [2.24, 2.45) is 5.10 Å². The summed E-state index contributed by atoms with van der Waals surface area (Å²) in [7, 11) is 0. The molecular formula is C24H21N5O7. The average Bonchev–Trinajstić information content (AvgIpc) is 3.23. The Hall–Kier alpha value is -5.00. The normalized spacial score (nSPS) is 13.5. The van der Waals surface area contributed by atoms with Crippen molar-refractivity contribution in [1.82, 2.24) is 16.3 Å². The van der Waals surface area contributed by atoms with Crippen molar-refractivity contribution in [2.45, 2.75) is 26.2 Å². The van der Waals surface area contributed by atoms with E-state index in [1.54, 1.807) is 19.1 Å². The number of furan rings is 1. The maximum absolute atomic E-state index is 12.7. The molecule has 12 nitrogen and oxygen atoms in total. The zero-order chi connectivity index (χ0) is 25.8. The van der Waals surface area contributed by atoms with Crippen molar-refractivity contribution >= 4 is 29.1 Å². The Morgan fingerprint density at radius 3 is 2.36 bits per heavy atom. The number of nitrogens with one attached hydrogen (secondary N) is 3. The number of phenols is 1. The summed E-state index contributed by atoms with van der Waals surface area (Å²) in [6.45, 7) is 1.65. The molecule has 4 N–H and O–H groups in total. The van der Waals surface area contributed by atoms with Crippen molar-refractivity contribution in [1.29, 1.82) is 0 Å². The number of para-hydroxylation sites is 2. The van der Waals surface area contributed by atoms with Gasteiger partial charge in [-0.2, -0.15) is 5.10 Å². The summed E-state index contributed by atoms with van der Waals surface area (Å²) in [5.74, 6) is -1.95. The number of nitrogens with zero attached hydrogens (tertiary/aromatic N) is 2. The summed E-state index contributed by atoms with van der Waals surface area (Å²) in [6, 6.07) is 11.4. The third-order valence-electron chi connectivity index (χ3n) is 5.61. The number of aryl methyl sites for hydroxylation is 1. The van der Waals surface area contributed by atoms with Gasteiger partial charge in [0.05, 0.1) is 16.2 Å². The fraction of sp³-hybridized carbons (Fsp3) is 0.167. The van der Waals surface area contributed by atoms with Crippen molar-refractivity contribution in [2.75, 3.05) is 0 Å². The molecule has 1 heterocycles. The van der Waals surface area contributed by atoms with Gasteiger partial charge in [-0.25, -0.2) is 5.43 Å². The van der Waals surface area contributed by atoms with E-state index in [9.17, 15) is 29.6 Å². The van der Waals surface area contributed by atoms with Crippen LogP contribution in [0.25, 0.3) is 0 Å². The van der Waals surface area contributed by atoms with Gasteiger partial charge >= 0.3 is 5.91 Å². The van der Waals surface area contributed by atoms with Gasteiger partial charge in [-0.15, -0.1) is 0 Å². The molecule has 4 rings (SSSR count). The van der Waals surface area contributed by atoms with Crippen LogP contribution in [0.15, 0.2) is 58.0 Å². The summed E-state index contributed by atoms with van der Waals surface area (Å²) in [4.78, 5) is 48.0. The maximum Gasteiger partial charge on any atom is 0.305 e. The fourth-order valence-electron chi connectivity index (χ4n) is 3.90. The van der Waals surface area contributed by atoms with Crippen LogP contribution in [0.5, 0.6) is 5.75 Å². The Kier molecular flexibility index (Phi) is 6.77. The lowest BCUT2D eigenvalue weighted by Gasteiger charge is -2.13. The summed E-state index contributed by atoms with van der Waals surface area (Å²) in [5, 5.41) is 25.2. The molecule has 0 atom stereocenters. The molecule has 0 unspecified atom stereocenters. The quantitative estimate of drug-likeness (QED) is 0.313. The number of hydrazine groups is 1. The summed E-state index contributed by atoms with van der Waals surface area (Å²) >= 11 is 0. The van der Waals surface area contributed by atoms with E-state index in [1.165, 1.54) is 36.4 Å². The third-order valence-corrected chi connectivity index (χ3v) is 5.61. The summed E-state index contributed by atoms with van der Waals surface area (Å²) in [5.41, 5.74) is 7.79. The molecule has 0 radical (unpaired) electrons. The summed E-state index contributed by atoms with van der Waals surface area (Å²) in [6.07, 6.45) is 1.73. The Morgan fingerprint density at radius 2 is 1.64 bits per heavy atom. The topological polar surface area (TPSA) is 176 Å². The van der Waals surface area contributed by atoms with Gasteiger partial charge in [-0.05, 0) is 38.0 Å². The van der Waals surface area contributed by atoms with E-state index in [0.717, 1.165) is 0 Å². The minimum absolute atomic E-state index is 0.0653. The number of carbonyl (C=O) groups excluding carboxylic acids is 3. The maximum atomic E-state index is 12.7. The van der Waals surface area contributed by atoms with Crippen LogP contribution in [0.3, 0.4) is 0 Å². The molecule has 12 heteroatoms. The van der Waals surface area contributed by atoms with Crippen LogP contribution in [-0.2, 0) is 6.42 Å². The number of hydrazone groups is 1. The van der Waals surface area contributed by atoms with Gasteiger partial charge < -0.3 is 9.52 Å². The number of carbonyl (C=O) groups is 3. The first-order chi connectivity index (χ1) is 17.3. The number of amides is 3. The SMILES string of the molecule is Cc1c(C(=O)NNC(=O)c2ccccc2[N+](=O)[O-])oc2c1/C(=N/NC(=O)c1ccccc1O)CCC2. The minimum atomic E-state index is -0.862. The molecule has 0 spiro atoms. The molecule has 36 heavy (non-hydrogen) atoms. The lowest BCUT2D eigenvalue weighted by molar-refractivity contribution is -0.385. The van der Waals surface area contributed by atoms with Crippen molar-refractivity contribution in [3.05, 3.63) is 92.4 Å². The predicted molar refractivity (Wildman–Crippen MR) is 127 cm³/mol. The van der Waals surface area contributed by atoms with Crippen molar-refractivity contribution < 1.29 is 28.8 Å². The first-order valence-corrected chi connectivity index (χ1v) is 10.9. The molecule has 0 aliphatic heterocycles. The zero-order valence-corrected chi connectivity index (χ0v) is 19.0. The first kappa shape index (κ1) is 24.1. The predicted octanol–water partition coefficient (Wildman–Crippen LogP) is 2.75. The van der Waals surface area contributed by atoms with Gasteiger partial charge in [0.15, 0.2) is 5.76 Å². The molecule has 1 aromatic heterocycles. The Labute approximate surface area is 204 Å². The average molecular weight is 491 g/mol. The summed E-state index contributed by atoms with van der Waals surface area (Å²) < 4.78 is 5.73. The molecule has 1 aliphatic rings. The van der Waals surface area contributed by atoms with E-state index in [2.05, 4.69) is 21.4 Å². The highest BCUT2D eigenvalue weighted by molar-refractivity contribution is 6.08. The molecule has 0 fully saturated rings. The van der Waals surface area contributed by atoms with Crippen molar-refractivity contribution in [3.8, 4) is 5.75 Å². The lowest BCUT2D eigenvalue weighted by atomic mass is 9.93. The molecule has 0 saturated heterocycles. The standard InChI is InChI=1S/C24H21N5O7/c1-13-20-16(25-26-23(32)15-8-3-5-11-18(15)30)9-6-12-19(20)36-21(13)24(33)28-27-22(31)14-7-2-4-10-17(14)29(34)35/h2-5,7-8,10-11,30H,6,9,12H2,1H3,(H,26,32)(H,27,31)(H,28,33)/b25-16+. The highest BCUT2D eigenvalue weighted by Gasteiger charge is 2.29. The van der Waals surface area contributed by atoms with Gasteiger partial charge in [0, 0.05) is 23.6 Å². The Bertz CT molecular complexity index is 1410. The number of nitro groups is 1. The Balaban J connectivity index is 1.50. The van der Waals surface area contributed by atoms with Gasteiger partial charge in [0.1, 0.15) is 17.1 Å². The van der Waals surface area contributed by atoms with Crippen LogP contribution in [0.1, 0.15) is 61.0 Å². The Morgan fingerprint density at radius 1 is 0.972 bits per heavy atom. The number of hydrogen-bond acceptors (Lipinski definition) is 8. The number of benzene rings is 2. The number of nitro benzene ring substituents is 1. The van der Waals surface area contributed by atoms with Crippen LogP contribution >= 0.6 is 0 Å². The number of rotatable bonds is 5. The van der Waals surface area contributed by atoms with Crippen LogP contribution in [0.4, 0.5) is 5.69 Å². The monoisotopic (exact) mass is 491 g/mol. The van der Waals surface area contributed by atoms with Crippen molar-refractivity contribution in [3.63, 3.8) is 0 Å². The largest absolute Gasteiger partial charge is 0.507 e. The molecule has 0 bridgehead atoms. The molecular weight excluding hydrogens is 470 g/mol. The number of hydrogen-bond donors (Lipinski definition) is 4. The second-order valence-electron chi connectivity index (χ2n) is 7.91. The highest BCUT2D eigenvalue weighted by Crippen LogP contribution is 2.30. The van der Waals surface area contributed by atoms with Crippen LogP contribution in [-0.4, -0.2) is 33.5 Å². The number of phenolic OH excluding ortho intramolecular Hbond substituents is 1. The van der Waals surface area contributed by atoms with Crippen LogP contribution < -0.4 is 16.3 Å². The van der Waals surface area contributed by atoms with E-state index in [0.29, 0.717) is 41.9 Å². The number of fused-ring (bicyclic) bond motifs is 1. The second-order valence-corrected chi connectivity index (χ2v) is 7.91. The third kappa shape index (κ3) is 4.78. The highest BCUT2D eigenvalue weighted by atomic mass is 16.6. The zero-order valence-electron chi connectivity index (χ0n) is 19.0. The second kappa shape index (κ2) is 10.1.